The van der Waals surface area contributed by atoms with E-state index >= 15 is 0 Å². The molecule has 1 aliphatic rings. The van der Waals surface area contributed by atoms with Gasteiger partial charge in [-0.15, -0.1) is 24.8 Å². The van der Waals surface area contributed by atoms with Crippen LogP contribution in [0.2, 0.25) is 0 Å². The van der Waals surface area contributed by atoms with Crippen LogP contribution in [0.25, 0.3) is 0 Å². The summed E-state index contributed by atoms with van der Waals surface area (Å²) >= 11 is 3.42. The second-order valence-corrected chi connectivity index (χ2v) is 6.46. The van der Waals surface area contributed by atoms with Crippen molar-refractivity contribution in [3.63, 3.8) is 0 Å². The van der Waals surface area contributed by atoms with Gasteiger partial charge in [-0.25, -0.2) is 0 Å². The SMILES string of the molecule is CC(C)C[C@@H](c1cccc(Br)c1O)N1CCNCC1.Cl.Cl. The first-order valence-electron chi connectivity index (χ1n) is 7.01. The monoisotopic (exact) mass is 398 g/mol. The van der Waals surface area contributed by atoms with Gasteiger partial charge in [-0.05, 0) is 34.3 Å². The minimum absolute atomic E-state index is 0. The summed E-state index contributed by atoms with van der Waals surface area (Å²) in [4.78, 5) is 2.48. The molecule has 21 heavy (non-hydrogen) atoms. The fourth-order valence-corrected chi connectivity index (χ4v) is 3.10. The Morgan fingerprint density at radius 2 is 1.86 bits per heavy atom. The zero-order valence-electron chi connectivity index (χ0n) is 12.5. The number of nitrogens with zero attached hydrogens (tertiary/aromatic N) is 1. The van der Waals surface area contributed by atoms with Crippen molar-refractivity contribution in [3.8, 4) is 5.75 Å². The van der Waals surface area contributed by atoms with Crippen LogP contribution in [0.4, 0.5) is 0 Å². The van der Waals surface area contributed by atoms with Gasteiger partial charge in [0.15, 0.2) is 0 Å². The van der Waals surface area contributed by atoms with Crippen molar-refractivity contribution < 1.29 is 5.11 Å². The molecule has 0 radical (unpaired) electrons. The molecule has 1 saturated heterocycles. The molecule has 0 unspecified atom stereocenters. The van der Waals surface area contributed by atoms with E-state index in [1.165, 1.54) is 0 Å². The third kappa shape index (κ3) is 5.61. The molecule has 0 amide bonds. The molecule has 0 bridgehead atoms. The van der Waals surface area contributed by atoms with E-state index in [0.29, 0.717) is 17.7 Å². The third-order valence-electron chi connectivity index (χ3n) is 3.66. The largest absolute Gasteiger partial charge is 0.506 e. The number of benzene rings is 1. The van der Waals surface area contributed by atoms with Crippen molar-refractivity contribution in [2.45, 2.75) is 26.3 Å². The summed E-state index contributed by atoms with van der Waals surface area (Å²) < 4.78 is 0.786. The summed E-state index contributed by atoms with van der Waals surface area (Å²) in [6.45, 7) is 8.63. The van der Waals surface area contributed by atoms with Gasteiger partial charge < -0.3 is 10.4 Å². The maximum absolute atomic E-state index is 10.3. The van der Waals surface area contributed by atoms with Crippen LogP contribution in [0.5, 0.6) is 5.75 Å². The highest BCUT2D eigenvalue weighted by Gasteiger charge is 2.25. The lowest BCUT2D eigenvalue weighted by molar-refractivity contribution is 0.151. The van der Waals surface area contributed by atoms with Gasteiger partial charge in [0, 0.05) is 37.8 Å². The highest BCUT2D eigenvalue weighted by Crippen LogP contribution is 2.37. The van der Waals surface area contributed by atoms with Gasteiger partial charge in [-0.1, -0.05) is 26.0 Å². The molecule has 1 aromatic carbocycles. The van der Waals surface area contributed by atoms with E-state index in [9.17, 15) is 5.11 Å². The zero-order chi connectivity index (χ0) is 13.8. The Hall–Kier alpha value is -0.000000000000000111. The second kappa shape index (κ2) is 9.90. The van der Waals surface area contributed by atoms with Crippen LogP contribution < -0.4 is 5.32 Å². The number of para-hydroxylation sites is 1. The molecule has 3 nitrogen and oxygen atoms in total. The summed E-state index contributed by atoms with van der Waals surface area (Å²) in [7, 11) is 0. The lowest BCUT2D eigenvalue weighted by Gasteiger charge is -2.36. The van der Waals surface area contributed by atoms with Crippen molar-refractivity contribution in [2.24, 2.45) is 5.92 Å². The summed E-state index contributed by atoms with van der Waals surface area (Å²) in [5.41, 5.74) is 1.05. The minimum Gasteiger partial charge on any atom is -0.506 e. The second-order valence-electron chi connectivity index (χ2n) is 5.61. The summed E-state index contributed by atoms with van der Waals surface area (Å²) in [6.07, 6.45) is 1.07. The fourth-order valence-electron chi connectivity index (χ4n) is 2.71. The maximum atomic E-state index is 10.3. The molecule has 1 aromatic rings. The predicted molar refractivity (Wildman–Crippen MR) is 96.9 cm³/mol. The average molecular weight is 400 g/mol. The molecule has 2 rings (SSSR count). The van der Waals surface area contributed by atoms with Crippen LogP contribution in [-0.4, -0.2) is 36.2 Å². The summed E-state index contributed by atoms with van der Waals surface area (Å²) in [6, 6.07) is 6.26. The van der Waals surface area contributed by atoms with Gasteiger partial charge >= 0.3 is 0 Å². The highest BCUT2D eigenvalue weighted by atomic mass is 79.9. The average Bonchev–Trinajstić information content (AvgIpc) is 2.40. The lowest BCUT2D eigenvalue weighted by atomic mass is 9.94. The van der Waals surface area contributed by atoms with Crippen LogP contribution in [0.1, 0.15) is 31.9 Å². The van der Waals surface area contributed by atoms with Crippen LogP contribution in [0.15, 0.2) is 22.7 Å². The van der Waals surface area contributed by atoms with Gasteiger partial charge in [-0.2, -0.15) is 0 Å². The number of piperazine rings is 1. The van der Waals surface area contributed by atoms with Crippen molar-refractivity contribution in [2.75, 3.05) is 26.2 Å². The van der Waals surface area contributed by atoms with Crippen LogP contribution >= 0.6 is 40.7 Å². The number of phenols is 1. The smallest absolute Gasteiger partial charge is 0.134 e. The first kappa shape index (κ1) is 21.0. The third-order valence-corrected chi connectivity index (χ3v) is 4.30. The van der Waals surface area contributed by atoms with E-state index in [2.05, 4.69) is 46.1 Å². The van der Waals surface area contributed by atoms with Crippen LogP contribution in [0.3, 0.4) is 0 Å². The quantitative estimate of drug-likeness (QED) is 0.803. The van der Waals surface area contributed by atoms with Gasteiger partial charge in [0.05, 0.1) is 4.47 Å². The molecule has 6 heteroatoms. The molecule has 1 aliphatic heterocycles. The maximum Gasteiger partial charge on any atom is 0.134 e. The van der Waals surface area contributed by atoms with Crippen LogP contribution in [0, 0.1) is 5.92 Å². The lowest BCUT2D eigenvalue weighted by Crippen LogP contribution is -2.45. The molecule has 0 saturated carbocycles. The standard InChI is InChI=1S/C15H23BrN2O.2ClH/c1-11(2)10-14(18-8-6-17-7-9-18)12-4-3-5-13(16)15(12)19;;/h3-5,11,14,17,19H,6-10H2,1-2H3;2*1H/t14-;;/m0../s1. The molecular weight excluding hydrogens is 375 g/mol. The van der Waals surface area contributed by atoms with E-state index in [4.69, 9.17) is 0 Å². The fraction of sp³-hybridized carbons (Fsp3) is 0.600. The normalized spacial score (nSPS) is 17.0. The predicted octanol–water partition coefficient (Wildman–Crippen LogP) is 3.99. The Bertz CT molecular complexity index is 426. The molecule has 1 atom stereocenters. The van der Waals surface area contributed by atoms with Crippen molar-refractivity contribution in [3.05, 3.63) is 28.2 Å². The van der Waals surface area contributed by atoms with Crippen molar-refractivity contribution in [1.29, 1.82) is 0 Å². The van der Waals surface area contributed by atoms with E-state index < -0.39 is 0 Å². The Labute approximate surface area is 148 Å². The van der Waals surface area contributed by atoms with E-state index in [0.717, 1.165) is 42.6 Å². The van der Waals surface area contributed by atoms with Crippen LogP contribution in [-0.2, 0) is 0 Å². The molecule has 0 aromatic heterocycles. The van der Waals surface area contributed by atoms with E-state index in [1.807, 2.05) is 12.1 Å². The Morgan fingerprint density at radius 3 is 2.43 bits per heavy atom. The summed E-state index contributed by atoms with van der Waals surface area (Å²) in [5, 5.41) is 13.7. The van der Waals surface area contributed by atoms with E-state index in [-0.39, 0.29) is 24.8 Å². The molecular formula is C15H25BrCl2N2O. The Kier molecular flexibility index (Phi) is 9.90. The molecule has 2 N–H and O–H groups in total. The molecule has 122 valence electrons. The highest BCUT2D eigenvalue weighted by molar-refractivity contribution is 9.10. The first-order valence-corrected chi connectivity index (χ1v) is 7.81. The number of halogens is 3. The topological polar surface area (TPSA) is 35.5 Å². The van der Waals surface area contributed by atoms with Crippen molar-refractivity contribution in [1.82, 2.24) is 10.2 Å². The number of nitrogens with one attached hydrogen (secondary N) is 1. The first-order chi connectivity index (χ1) is 9.09. The van der Waals surface area contributed by atoms with Gasteiger partial charge in [0.2, 0.25) is 0 Å². The number of phenolic OH excluding ortho intramolecular Hbond substituents is 1. The molecule has 1 heterocycles. The number of rotatable bonds is 4. The summed E-state index contributed by atoms with van der Waals surface area (Å²) in [5.74, 6) is 1.00. The van der Waals surface area contributed by atoms with Gasteiger partial charge in [-0.3, -0.25) is 4.90 Å². The number of hydrogen-bond acceptors (Lipinski definition) is 3. The molecule has 1 fully saturated rings. The minimum atomic E-state index is 0. The van der Waals surface area contributed by atoms with E-state index in [1.54, 1.807) is 0 Å². The van der Waals surface area contributed by atoms with Crippen molar-refractivity contribution >= 4 is 40.7 Å². The Morgan fingerprint density at radius 1 is 1.24 bits per heavy atom. The number of aromatic hydroxyl groups is 1. The number of hydrogen-bond donors (Lipinski definition) is 2. The Balaban J connectivity index is 0.00000200. The molecule has 0 spiro atoms. The van der Waals surface area contributed by atoms with Gasteiger partial charge in [0.25, 0.3) is 0 Å². The van der Waals surface area contributed by atoms with Gasteiger partial charge in [0.1, 0.15) is 5.75 Å². The molecule has 0 aliphatic carbocycles. The zero-order valence-corrected chi connectivity index (χ0v) is 15.7.